The van der Waals surface area contributed by atoms with Crippen LogP contribution in [0.4, 0.5) is 13.2 Å². The number of likely N-dealkylation sites (tertiary alicyclic amines) is 1. The van der Waals surface area contributed by atoms with E-state index in [0.29, 0.717) is 36.1 Å². The van der Waals surface area contributed by atoms with Gasteiger partial charge in [-0.1, -0.05) is 23.2 Å². The minimum atomic E-state index is -4.68. The Labute approximate surface area is 189 Å². The summed E-state index contributed by atoms with van der Waals surface area (Å²) in [5, 5.41) is 3.58. The first-order valence-corrected chi connectivity index (χ1v) is 11.4. The molecule has 2 fully saturated rings. The van der Waals surface area contributed by atoms with Gasteiger partial charge in [0.2, 0.25) is 5.91 Å². The standard InChI is InChI=1S/C19H19Cl2F3N4O2S/c1-11-17(21)18(19(22,23)24)25-28(11)10-16(29)26-6-12-8-27(9-13(12)7-26)31(30)15-4-2-14(20)3-5-15/h2-5,12-13H,6-10H2,1H3. The van der Waals surface area contributed by atoms with E-state index < -0.39 is 27.9 Å². The van der Waals surface area contributed by atoms with Crippen molar-refractivity contribution in [1.29, 1.82) is 0 Å². The van der Waals surface area contributed by atoms with E-state index in [0.717, 1.165) is 4.68 Å². The lowest BCUT2D eigenvalue weighted by atomic mass is 10.0. The van der Waals surface area contributed by atoms with E-state index in [1.54, 1.807) is 29.2 Å². The second-order valence-corrected chi connectivity index (χ2v) is 10.1. The van der Waals surface area contributed by atoms with Gasteiger partial charge in [0.15, 0.2) is 5.69 Å². The summed E-state index contributed by atoms with van der Waals surface area (Å²) in [6.45, 7) is 3.20. The van der Waals surface area contributed by atoms with Crippen molar-refractivity contribution in [3.05, 3.63) is 45.7 Å². The lowest BCUT2D eigenvalue weighted by molar-refractivity contribution is -0.142. The van der Waals surface area contributed by atoms with Crippen LogP contribution in [0, 0.1) is 18.8 Å². The molecular formula is C19H19Cl2F3N4O2S. The van der Waals surface area contributed by atoms with Crippen LogP contribution in [0.15, 0.2) is 29.2 Å². The molecule has 1 aromatic carbocycles. The number of fused-ring (bicyclic) bond motifs is 1. The molecule has 2 aliphatic heterocycles. The average Bonchev–Trinajstić information content (AvgIpc) is 3.35. The molecule has 3 heterocycles. The first-order valence-electron chi connectivity index (χ1n) is 9.55. The van der Waals surface area contributed by atoms with E-state index >= 15 is 0 Å². The molecular weight excluding hydrogens is 476 g/mol. The second kappa shape index (κ2) is 8.38. The Morgan fingerprint density at radius 3 is 2.23 bits per heavy atom. The Morgan fingerprint density at radius 2 is 1.71 bits per heavy atom. The van der Waals surface area contributed by atoms with Crippen molar-refractivity contribution >= 4 is 40.1 Å². The highest BCUT2D eigenvalue weighted by atomic mass is 35.5. The number of alkyl halides is 3. The molecule has 2 aliphatic rings. The highest BCUT2D eigenvalue weighted by Crippen LogP contribution is 2.36. The first kappa shape index (κ1) is 22.6. The Bertz CT molecular complexity index is 1010. The van der Waals surface area contributed by atoms with E-state index in [-0.39, 0.29) is 30.0 Å². The normalized spacial score (nSPS) is 22.7. The van der Waals surface area contributed by atoms with Gasteiger partial charge in [0.1, 0.15) is 17.5 Å². The monoisotopic (exact) mass is 494 g/mol. The van der Waals surface area contributed by atoms with Crippen LogP contribution in [-0.2, 0) is 28.5 Å². The van der Waals surface area contributed by atoms with E-state index in [1.807, 2.05) is 4.31 Å². The maximum atomic E-state index is 13.0. The second-order valence-electron chi connectivity index (χ2n) is 7.77. The smallest absolute Gasteiger partial charge is 0.340 e. The zero-order valence-electron chi connectivity index (χ0n) is 16.4. The van der Waals surface area contributed by atoms with Crippen LogP contribution in [0.5, 0.6) is 0 Å². The number of hydrogen-bond donors (Lipinski definition) is 0. The van der Waals surface area contributed by atoms with E-state index in [1.165, 1.54) is 6.92 Å². The highest BCUT2D eigenvalue weighted by molar-refractivity contribution is 7.82. The number of rotatable bonds is 4. The molecule has 12 heteroatoms. The largest absolute Gasteiger partial charge is 0.436 e. The Balaban J connectivity index is 1.37. The van der Waals surface area contributed by atoms with Crippen LogP contribution < -0.4 is 0 Å². The van der Waals surface area contributed by atoms with Crippen molar-refractivity contribution in [3.63, 3.8) is 0 Å². The molecule has 6 nitrogen and oxygen atoms in total. The fourth-order valence-corrected chi connectivity index (χ4v) is 5.77. The molecule has 1 amide bonds. The fraction of sp³-hybridized carbons (Fsp3) is 0.474. The van der Waals surface area contributed by atoms with Gasteiger partial charge in [0.05, 0.1) is 15.6 Å². The molecule has 1 aromatic heterocycles. The number of hydrogen-bond acceptors (Lipinski definition) is 3. The Hall–Kier alpha value is -1.62. The molecule has 4 rings (SSSR count). The van der Waals surface area contributed by atoms with Gasteiger partial charge in [-0.25, -0.2) is 8.51 Å². The van der Waals surface area contributed by atoms with Crippen LogP contribution in [0.3, 0.4) is 0 Å². The van der Waals surface area contributed by atoms with Gasteiger partial charge in [0, 0.05) is 31.2 Å². The number of amides is 1. The zero-order chi connectivity index (χ0) is 22.5. The van der Waals surface area contributed by atoms with Gasteiger partial charge in [0.25, 0.3) is 0 Å². The van der Waals surface area contributed by atoms with Crippen LogP contribution in [0.1, 0.15) is 11.4 Å². The topological polar surface area (TPSA) is 58.4 Å². The molecule has 0 N–H and O–H groups in total. The minimum absolute atomic E-state index is 0.103. The molecule has 0 bridgehead atoms. The van der Waals surface area contributed by atoms with Gasteiger partial charge in [-0.3, -0.25) is 9.48 Å². The molecule has 3 atom stereocenters. The third kappa shape index (κ3) is 4.48. The number of nitrogens with zero attached hydrogens (tertiary/aromatic N) is 4. The highest BCUT2D eigenvalue weighted by Gasteiger charge is 2.44. The van der Waals surface area contributed by atoms with Crippen LogP contribution in [0.2, 0.25) is 10.0 Å². The lowest BCUT2D eigenvalue weighted by Gasteiger charge is -2.21. The summed E-state index contributed by atoms with van der Waals surface area (Å²) in [4.78, 5) is 15.0. The van der Waals surface area contributed by atoms with Crippen molar-refractivity contribution < 1.29 is 22.2 Å². The number of aromatic nitrogens is 2. The predicted molar refractivity (Wildman–Crippen MR) is 110 cm³/mol. The number of carbonyl (C=O) groups excluding carboxylic acids is 1. The molecule has 168 valence electrons. The van der Waals surface area contributed by atoms with Crippen molar-refractivity contribution in [3.8, 4) is 0 Å². The summed E-state index contributed by atoms with van der Waals surface area (Å²) < 4.78 is 54.6. The van der Waals surface area contributed by atoms with E-state index in [4.69, 9.17) is 23.2 Å². The number of halogens is 5. The molecule has 2 aromatic rings. The van der Waals surface area contributed by atoms with E-state index in [9.17, 15) is 22.2 Å². The van der Waals surface area contributed by atoms with Crippen molar-refractivity contribution in [2.45, 2.75) is 24.5 Å². The SMILES string of the molecule is Cc1c(Cl)c(C(F)(F)F)nn1CC(=O)N1CC2CN(S(=O)c3ccc(Cl)cc3)CC2C1. The van der Waals surface area contributed by atoms with Crippen LogP contribution >= 0.6 is 23.2 Å². The van der Waals surface area contributed by atoms with Gasteiger partial charge in [-0.2, -0.15) is 18.3 Å². The average molecular weight is 495 g/mol. The van der Waals surface area contributed by atoms with Crippen LogP contribution in [-0.4, -0.2) is 55.3 Å². The molecule has 0 saturated carbocycles. The van der Waals surface area contributed by atoms with Crippen molar-refractivity contribution in [2.75, 3.05) is 26.2 Å². The molecule has 31 heavy (non-hydrogen) atoms. The lowest BCUT2D eigenvalue weighted by Crippen LogP contribution is -2.36. The maximum absolute atomic E-state index is 13.0. The van der Waals surface area contributed by atoms with Crippen molar-refractivity contribution in [2.24, 2.45) is 11.8 Å². The maximum Gasteiger partial charge on any atom is 0.436 e. The van der Waals surface area contributed by atoms with Crippen molar-refractivity contribution in [1.82, 2.24) is 19.0 Å². The molecule has 3 unspecified atom stereocenters. The third-order valence-electron chi connectivity index (χ3n) is 5.74. The van der Waals surface area contributed by atoms with Gasteiger partial charge in [-0.05, 0) is 43.0 Å². The first-order chi connectivity index (χ1) is 14.5. The quantitative estimate of drug-likeness (QED) is 0.651. The summed E-state index contributed by atoms with van der Waals surface area (Å²) in [6, 6.07) is 6.85. The predicted octanol–water partition coefficient (Wildman–Crippen LogP) is 3.63. The summed E-state index contributed by atoms with van der Waals surface area (Å²) in [6.07, 6.45) is -4.68. The summed E-state index contributed by atoms with van der Waals surface area (Å²) in [5.41, 5.74) is -1.08. The summed E-state index contributed by atoms with van der Waals surface area (Å²) in [7, 11) is -1.31. The van der Waals surface area contributed by atoms with Gasteiger partial charge < -0.3 is 4.90 Å². The molecule has 0 aliphatic carbocycles. The zero-order valence-corrected chi connectivity index (χ0v) is 18.7. The summed E-state index contributed by atoms with van der Waals surface area (Å²) in [5.74, 6) is 0.0113. The number of carbonyl (C=O) groups is 1. The molecule has 2 saturated heterocycles. The van der Waals surface area contributed by atoms with Gasteiger partial charge >= 0.3 is 6.18 Å². The number of benzene rings is 1. The fourth-order valence-electron chi connectivity index (χ4n) is 4.08. The molecule has 0 radical (unpaired) electrons. The Kier molecular flexibility index (Phi) is 6.10. The Morgan fingerprint density at radius 1 is 1.13 bits per heavy atom. The third-order valence-corrected chi connectivity index (χ3v) is 7.89. The van der Waals surface area contributed by atoms with Gasteiger partial charge in [-0.15, -0.1) is 0 Å². The van der Waals surface area contributed by atoms with E-state index in [2.05, 4.69) is 5.10 Å². The summed E-state index contributed by atoms with van der Waals surface area (Å²) >= 11 is 11.6. The minimum Gasteiger partial charge on any atom is -0.340 e. The van der Waals surface area contributed by atoms with Crippen LogP contribution in [0.25, 0.3) is 0 Å². The molecule has 0 spiro atoms.